The van der Waals surface area contributed by atoms with Crippen LogP contribution in [0.1, 0.15) is 33.6 Å². The lowest BCUT2D eigenvalue weighted by Gasteiger charge is -2.22. The highest BCUT2D eigenvalue weighted by molar-refractivity contribution is 7.99. The molecule has 2 heteroatoms. The summed E-state index contributed by atoms with van der Waals surface area (Å²) in [6, 6.07) is 0. The molecule has 0 aromatic carbocycles. The summed E-state index contributed by atoms with van der Waals surface area (Å²) >= 11 is 2.02. The van der Waals surface area contributed by atoms with E-state index >= 15 is 0 Å². The van der Waals surface area contributed by atoms with Gasteiger partial charge < -0.3 is 0 Å². The zero-order chi connectivity index (χ0) is 10.2. The van der Waals surface area contributed by atoms with Gasteiger partial charge in [0.1, 0.15) is 0 Å². The molecule has 0 atom stereocenters. The van der Waals surface area contributed by atoms with Crippen molar-refractivity contribution in [2.75, 3.05) is 11.5 Å². The fourth-order valence-electron chi connectivity index (χ4n) is 1.07. The summed E-state index contributed by atoms with van der Waals surface area (Å²) in [5.41, 5.74) is 0.451. The van der Waals surface area contributed by atoms with Gasteiger partial charge in [0.05, 0.1) is 0 Å². The monoisotopic (exact) mass is 199 g/mol. The molecular weight excluding hydrogens is 178 g/mol. The van der Waals surface area contributed by atoms with Crippen molar-refractivity contribution >= 4 is 18.5 Å². The first kappa shape index (κ1) is 12.8. The van der Waals surface area contributed by atoms with E-state index in [1.807, 2.05) is 11.8 Å². The van der Waals surface area contributed by atoms with Crippen molar-refractivity contribution in [1.82, 2.24) is 0 Å². The molecule has 0 aliphatic carbocycles. The van der Waals surface area contributed by atoms with Gasteiger partial charge in [-0.05, 0) is 36.5 Å². The lowest BCUT2D eigenvalue weighted by Crippen LogP contribution is -2.14. The maximum atomic E-state index is 3.68. The highest BCUT2D eigenvalue weighted by Crippen LogP contribution is 2.27. The molecule has 0 saturated heterocycles. The fraction of sp³-hybridized carbons (Fsp3) is 0.727. The second-order valence-corrected chi connectivity index (χ2v) is 5.18. The van der Waals surface area contributed by atoms with Crippen molar-refractivity contribution in [2.24, 2.45) is 10.4 Å². The lowest BCUT2D eigenvalue weighted by atomic mass is 9.90. The Morgan fingerprint density at radius 2 is 2.15 bits per heavy atom. The quantitative estimate of drug-likeness (QED) is 0.569. The zero-order valence-corrected chi connectivity index (χ0v) is 9.86. The van der Waals surface area contributed by atoms with E-state index in [0.717, 1.165) is 6.42 Å². The van der Waals surface area contributed by atoms with Gasteiger partial charge in [0.2, 0.25) is 0 Å². The van der Waals surface area contributed by atoms with E-state index in [2.05, 4.69) is 38.6 Å². The van der Waals surface area contributed by atoms with Crippen LogP contribution in [0.15, 0.2) is 17.3 Å². The fourth-order valence-corrected chi connectivity index (χ4v) is 1.97. The van der Waals surface area contributed by atoms with Crippen molar-refractivity contribution in [1.29, 1.82) is 0 Å². The van der Waals surface area contributed by atoms with Crippen molar-refractivity contribution in [2.45, 2.75) is 33.6 Å². The normalized spacial score (nSPS) is 12.2. The predicted octanol–water partition coefficient (Wildman–Crippen LogP) is 3.76. The summed E-state index contributed by atoms with van der Waals surface area (Å²) in [7, 11) is 0. The summed E-state index contributed by atoms with van der Waals surface area (Å²) in [6.07, 6.45) is 6.21. The van der Waals surface area contributed by atoms with Crippen LogP contribution in [0.2, 0.25) is 0 Å². The van der Waals surface area contributed by atoms with Crippen LogP contribution < -0.4 is 0 Å². The Hall–Kier alpha value is -0.240. The zero-order valence-electron chi connectivity index (χ0n) is 9.05. The molecule has 0 aromatic heterocycles. The minimum atomic E-state index is 0.451. The average Bonchev–Trinajstić information content (AvgIpc) is 2.09. The van der Waals surface area contributed by atoms with Gasteiger partial charge in [0.15, 0.2) is 0 Å². The molecule has 0 amide bonds. The Labute approximate surface area is 86.7 Å². The van der Waals surface area contributed by atoms with Gasteiger partial charge in [-0.15, -0.1) is 0 Å². The number of rotatable bonds is 7. The first-order valence-corrected chi connectivity index (χ1v) is 5.96. The molecule has 0 N–H and O–H groups in total. The minimum Gasteiger partial charge on any atom is -0.273 e. The molecule has 0 aliphatic heterocycles. The van der Waals surface area contributed by atoms with E-state index in [-0.39, 0.29) is 0 Å². The van der Waals surface area contributed by atoms with E-state index in [1.165, 1.54) is 17.9 Å². The third-order valence-electron chi connectivity index (χ3n) is 1.90. The van der Waals surface area contributed by atoms with Crippen LogP contribution in [0.25, 0.3) is 0 Å². The SMILES string of the molecule is C=N/C=C\CCC(C)(C)CSCC. The number of aliphatic imine (C=N–C) groups is 1. The van der Waals surface area contributed by atoms with Crippen molar-refractivity contribution < 1.29 is 0 Å². The van der Waals surface area contributed by atoms with E-state index in [4.69, 9.17) is 0 Å². The maximum Gasteiger partial charge on any atom is 0.0220 e. The minimum absolute atomic E-state index is 0.451. The Balaban J connectivity index is 3.61. The Morgan fingerprint density at radius 1 is 1.46 bits per heavy atom. The van der Waals surface area contributed by atoms with Crippen LogP contribution in [0.4, 0.5) is 0 Å². The predicted molar refractivity (Wildman–Crippen MR) is 64.7 cm³/mol. The Morgan fingerprint density at radius 3 is 2.69 bits per heavy atom. The van der Waals surface area contributed by atoms with Crippen LogP contribution in [0.3, 0.4) is 0 Å². The highest BCUT2D eigenvalue weighted by Gasteiger charge is 2.15. The largest absolute Gasteiger partial charge is 0.273 e. The lowest BCUT2D eigenvalue weighted by molar-refractivity contribution is 0.391. The second kappa shape index (κ2) is 7.19. The molecule has 76 valence electrons. The molecular formula is C11H21NS. The van der Waals surface area contributed by atoms with Crippen LogP contribution in [0.5, 0.6) is 0 Å². The molecule has 0 heterocycles. The van der Waals surface area contributed by atoms with Gasteiger partial charge in [-0.1, -0.05) is 26.8 Å². The van der Waals surface area contributed by atoms with E-state index in [1.54, 1.807) is 6.20 Å². The van der Waals surface area contributed by atoms with Crippen LogP contribution >= 0.6 is 11.8 Å². The molecule has 1 nitrogen and oxygen atoms in total. The smallest absolute Gasteiger partial charge is 0.0220 e. The van der Waals surface area contributed by atoms with Gasteiger partial charge in [-0.3, -0.25) is 4.99 Å². The molecule has 0 fully saturated rings. The molecule has 0 spiro atoms. The highest BCUT2D eigenvalue weighted by atomic mass is 32.2. The number of hydrogen-bond acceptors (Lipinski definition) is 2. The summed E-state index contributed by atoms with van der Waals surface area (Å²) < 4.78 is 0. The van der Waals surface area contributed by atoms with Crippen LogP contribution in [-0.4, -0.2) is 18.2 Å². The third kappa shape index (κ3) is 8.10. The van der Waals surface area contributed by atoms with Gasteiger partial charge in [0, 0.05) is 6.20 Å². The van der Waals surface area contributed by atoms with Crippen molar-refractivity contribution in [3.63, 3.8) is 0 Å². The Kier molecular flexibility index (Phi) is 7.06. The topological polar surface area (TPSA) is 12.4 Å². The first-order valence-electron chi connectivity index (χ1n) is 4.81. The van der Waals surface area contributed by atoms with Crippen LogP contribution in [-0.2, 0) is 0 Å². The second-order valence-electron chi connectivity index (χ2n) is 3.91. The molecule has 0 saturated carbocycles. The summed E-state index contributed by atoms with van der Waals surface area (Å²) in [4.78, 5) is 3.68. The summed E-state index contributed by atoms with van der Waals surface area (Å²) in [6.45, 7) is 10.3. The average molecular weight is 199 g/mol. The standard InChI is InChI=1S/C11H21NS/c1-5-13-10-11(2,3)8-6-7-9-12-4/h7,9H,4-6,8,10H2,1-3H3/b9-7-. The summed E-state index contributed by atoms with van der Waals surface area (Å²) in [5.74, 6) is 2.46. The van der Waals surface area contributed by atoms with E-state index in [9.17, 15) is 0 Å². The maximum absolute atomic E-state index is 3.68. The molecule has 0 radical (unpaired) electrons. The number of hydrogen-bond donors (Lipinski definition) is 0. The summed E-state index contributed by atoms with van der Waals surface area (Å²) in [5, 5.41) is 0. The third-order valence-corrected chi connectivity index (χ3v) is 3.29. The van der Waals surface area contributed by atoms with Gasteiger partial charge in [-0.2, -0.15) is 11.8 Å². The molecule has 0 bridgehead atoms. The molecule has 0 rings (SSSR count). The number of allylic oxidation sites excluding steroid dienone is 1. The van der Waals surface area contributed by atoms with Crippen molar-refractivity contribution in [3.8, 4) is 0 Å². The Bertz CT molecular complexity index is 161. The van der Waals surface area contributed by atoms with E-state index < -0.39 is 0 Å². The van der Waals surface area contributed by atoms with Gasteiger partial charge >= 0.3 is 0 Å². The number of nitrogens with zero attached hydrogens (tertiary/aromatic N) is 1. The van der Waals surface area contributed by atoms with Gasteiger partial charge in [-0.25, -0.2) is 0 Å². The molecule has 0 aliphatic rings. The van der Waals surface area contributed by atoms with Crippen molar-refractivity contribution in [3.05, 3.63) is 12.3 Å². The van der Waals surface area contributed by atoms with E-state index in [0.29, 0.717) is 5.41 Å². The first-order chi connectivity index (χ1) is 6.12. The number of thioether (sulfide) groups is 1. The van der Waals surface area contributed by atoms with Gasteiger partial charge in [0.25, 0.3) is 0 Å². The molecule has 0 aromatic rings. The molecule has 13 heavy (non-hydrogen) atoms. The molecule has 0 unspecified atom stereocenters. The van der Waals surface area contributed by atoms with Crippen LogP contribution in [0, 0.1) is 5.41 Å².